The van der Waals surface area contributed by atoms with Crippen LogP contribution in [0, 0.1) is 0 Å². The summed E-state index contributed by atoms with van der Waals surface area (Å²) in [5.74, 6) is 0. The zero-order valence-electron chi connectivity index (χ0n) is 12.9. The summed E-state index contributed by atoms with van der Waals surface area (Å²) in [6.45, 7) is 1.58. The van der Waals surface area contributed by atoms with Crippen LogP contribution in [0.15, 0.2) is 36.5 Å². The van der Waals surface area contributed by atoms with Crippen LogP contribution in [0.3, 0.4) is 0 Å². The van der Waals surface area contributed by atoms with Gasteiger partial charge in [-0.2, -0.15) is 5.10 Å². The molecule has 6 nitrogen and oxygen atoms in total. The number of hydrogen-bond acceptors (Lipinski definition) is 3. The average molecular weight is 299 g/mol. The van der Waals surface area contributed by atoms with Gasteiger partial charge in [-0.3, -0.25) is 5.10 Å². The lowest BCUT2D eigenvalue weighted by atomic mass is 10.1. The smallest absolute Gasteiger partial charge is 0.321 e. The Morgan fingerprint density at radius 1 is 1.41 bits per heavy atom. The maximum Gasteiger partial charge on any atom is 0.321 e. The number of benzene rings is 1. The number of nitrogens with one attached hydrogen (secondary N) is 2. The normalized spacial score (nSPS) is 18.0. The Hall–Kier alpha value is -2.34. The summed E-state index contributed by atoms with van der Waals surface area (Å²) in [5, 5.41) is 9.86. The molecular weight excluding hydrogens is 278 g/mol. The predicted molar refractivity (Wildman–Crippen MR) is 86.7 cm³/mol. The second-order valence-corrected chi connectivity index (χ2v) is 5.83. The first kappa shape index (κ1) is 14.6. The van der Waals surface area contributed by atoms with Gasteiger partial charge < -0.3 is 15.1 Å². The van der Waals surface area contributed by atoms with Gasteiger partial charge in [0.1, 0.15) is 0 Å². The van der Waals surface area contributed by atoms with Gasteiger partial charge in [-0.1, -0.05) is 12.1 Å². The fourth-order valence-electron chi connectivity index (χ4n) is 2.73. The molecule has 1 unspecified atom stereocenters. The van der Waals surface area contributed by atoms with Crippen molar-refractivity contribution in [2.24, 2.45) is 0 Å². The van der Waals surface area contributed by atoms with Crippen LogP contribution in [0.4, 0.5) is 10.5 Å². The molecule has 2 N–H and O–H groups in total. The minimum absolute atomic E-state index is 0.0360. The molecule has 6 heteroatoms. The number of rotatable bonds is 3. The predicted octanol–water partition coefficient (Wildman–Crippen LogP) is 2.24. The third-order valence-electron chi connectivity index (χ3n) is 4.11. The fourth-order valence-corrected chi connectivity index (χ4v) is 2.73. The van der Waals surface area contributed by atoms with Crippen LogP contribution < -0.4 is 5.32 Å². The molecule has 1 saturated heterocycles. The van der Waals surface area contributed by atoms with E-state index in [1.54, 1.807) is 6.20 Å². The molecule has 2 heterocycles. The Bertz CT molecular complexity index is 638. The maximum absolute atomic E-state index is 12.4. The number of amides is 2. The number of likely N-dealkylation sites (N-methyl/N-ethyl adjacent to an activating group) is 1. The van der Waals surface area contributed by atoms with Gasteiger partial charge in [0.25, 0.3) is 0 Å². The molecule has 1 aliphatic rings. The van der Waals surface area contributed by atoms with E-state index in [0.29, 0.717) is 6.04 Å². The van der Waals surface area contributed by atoms with Crippen LogP contribution in [0.5, 0.6) is 0 Å². The SMILES string of the molecule is CN(C)C1CCN(C(=O)Nc2cccc(-c3ccn[nH]3)c2)C1. The highest BCUT2D eigenvalue weighted by Gasteiger charge is 2.27. The molecule has 1 atom stereocenters. The number of likely N-dealkylation sites (tertiary alicyclic amines) is 1. The number of hydrogen-bond donors (Lipinski definition) is 2. The van der Waals surface area contributed by atoms with Crippen molar-refractivity contribution in [3.05, 3.63) is 36.5 Å². The van der Waals surface area contributed by atoms with Crippen molar-refractivity contribution in [3.8, 4) is 11.3 Å². The van der Waals surface area contributed by atoms with Gasteiger partial charge in [-0.25, -0.2) is 4.79 Å². The molecule has 1 aromatic heterocycles. The Labute approximate surface area is 130 Å². The van der Waals surface area contributed by atoms with Gasteiger partial charge in [0, 0.05) is 36.6 Å². The summed E-state index contributed by atoms with van der Waals surface area (Å²) in [7, 11) is 4.11. The van der Waals surface area contributed by atoms with E-state index in [4.69, 9.17) is 0 Å². The molecule has 116 valence electrons. The zero-order chi connectivity index (χ0) is 15.5. The highest BCUT2D eigenvalue weighted by Crippen LogP contribution is 2.21. The summed E-state index contributed by atoms with van der Waals surface area (Å²) in [4.78, 5) is 16.4. The molecule has 1 aromatic carbocycles. The van der Waals surface area contributed by atoms with Crippen LogP contribution in [-0.2, 0) is 0 Å². The number of aromatic nitrogens is 2. The number of nitrogens with zero attached hydrogens (tertiary/aromatic N) is 3. The second-order valence-electron chi connectivity index (χ2n) is 5.83. The molecule has 0 saturated carbocycles. The van der Waals surface area contributed by atoms with E-state index < -0.39 is 0 Å². The molecule has 0 radical (unpaired) electrons. The van der Waals surface area contributed by atoms with E-state index >= 15 is 0 Å². The van der Waals surface area contributed by atoms with Crippen molar-refractivity contribution < 1.29 is 4.79 Å². The van der Waals surface area contributed by atoms with E-state index in [9.17, 15) is 4.79 Å². The van der Waals surface area contributed by atoms with E-state index in [1.165, 1.54) is 0 Å². The highest BCUT2D eigenvalue weighted by atomic mass is 16.2. The van der Waals surface area contributed by atoms with E-state index in [2.05, 4.69) is 34.5 Å². The van der Waals surface area contributed by atoms with Gasteiger partial charge in [0.05, 0.1) is 5.69 Å². The van der Waals surface area contributed by atoms with Crippen molar-refractivity contribution in [1.82, 2.24) is 20.0 Å². The van der Waals surface area contributed by atoms with Gasteiger partial charge in [0.15, 0.2) is 0 Å². The third kappa shape index (κ3) is 3.12. The standard InChI is InChI=1S/C16H21N5O/c1-20(2)14-7-9-21(11-14)16(22)18-13-5-3-4-12(10-13)15-6-8-17-19-15/h3-6,8,10,14H,7,9,11H2,1-2H3,(H,17,19)(H,18,22). The lowest BCUT2D eigenvalue weighted by Gasteiger charge is -2.20. The van der Waals surface area contributed by atoms with E-state index in [1.807, 2.05) is 35.2 Å². The van der Waals surface area contributed by atoms with E-state index in [0.717, 1.165) is 36.5 Å². The number of H-pyrrole nitrogens is 1. The van der Waals surface area contributed by atoms with Crippen molar-refractivity contribution >= 4 is 11.7 Å². The Morgan fingerprint density at radius 2 is 2.27 bits per heavy atom. The van der Waals surface area contributed by atoms with Gasteiger partial charge in [-0.05, 0) is 38.7 Å². The average Bonchev–Trinajstić information content (AvgIpc) is 3.19. The minimum atomic E-state index is -0.0360. The first-order valence-corrected chi connectivity index (χ1v) is 7.45. The summed E-state index contributed by atoms with van der Waals surface area (Å²) < 4.78 is 0. The summed E-state index contributed by atoms with van der Waals surface area (Å²) in [5.41, 5.74) is 2.73. The Kier molecular flexibility index (Phi) is 4.11. The number of aromatic amines is 1. The Morgan fingerprint density at radius 3 is 2.95 bits per heavy atom. The van der Waals surface area contributed by atoms with Crippen LogP contribution >= 0.6 is 0 Å². The molecule has 2 aromatic rings. The number of anilines is 1. The molecule has 0 spiro atoms. The first-order chi connectivity index (χ1) is 10.6. The minimum Gasteiger partial charge on any atom is -0.323 e. The maximum atomic E-state index is 12.4. The van der Waals surface area contributed by atoms with Crippen molar-refractivity contribution in [1.29, 1.82) is 0 Å². The number of carbonyl (C=O) groups excluding carboxylic acids is 1. The largest absolute Gasteiger partial charge is 0.323 e. The summed E-state index contributed by atoms with van der Waals surface area (Å²) >= 11 is 0. The third-order valence-corrected chi connectivity index (χ3v) is 4.11. The highest BCUT2D eigenvalue weighted by molar-refractivity contribution is 5.90. The fraction of sp³-hybridized carbons (Fsp3) is 0.375. The van der Waals surface area contributed by atoms with E-state index in [-0.39, 0.29) is 6.03 Å². The molecule has 0 bridgehead atoms. The molecule has 2 amide bonds. The van der Waals surface area contributed by atoms with Gasteiger partial charge >= 0.3 is 6.03 Å². The summed E-state index contributed by atoms with van der Waals surface area (Å²) in [6.07, 6.45) is 2.74. The number of carbonyl (C=O) groups is 1. The van der Waals surface area contributed by atoms with Crippen molar-refractivity contribution in [3.63, 3.8) is 0 Å². The Balaban J connectivity index is 1.66. The van der Waals surface area contributed by atoms with Crippen LogP contribution in [-0.4, -0.2) is 59.3 Å². The number of urea groups is 1. The monoisotopic (exact) mass is 299 g/mol. The molecule has 0 aliphatic carbocycles. The lowest BCUT2D eigenvalue weighted by Crippen LogP contribution is -2.36. The van der Waals surface area contributed by atoms with Crippen LogP contribution in [0.25, 0.3) is 11.3 Å². The van der Waals surface area contributed by atoms with Gasteiger partial charge in [0.2, 0.25) is 0 Å². The molecule has 3 rings (SSSR count). The second kappa shape index (κ2) is 6.19. The first-order valence-electron chi connectivity index (χ1n) is 7.45. The van der Waals surface area contributed by atoms with Crippen LogP contribution in [0.2, 0.25) is 0 Å². The molecule has 22 heavy (non-hydrogen) atoms. The van der Waals surface area contributed by atoms with Crippen LogP contribution in [0.1, 0.15) is 6.42 Å². The quantitative estimate of drug-likeness (QED) is 0.913. The van der Waals surface area contributed by atoms with Crippen molar-refractivity contribution in [2.75, 3.05) is 32.5 Å². The van der Waals surface area contributed by atoms with Gasteiger partial charge in [-0.15, -0.1) is 0 Å². The topological polar surface area (TPSA) is 64.3 Å². The molecule has 1 aliphatic heterocycles. The lowest BCUT2D eigenvalue weighted by molar-refractivity contribution is 0.216. The van der Waals surface area contributed by atoms with Crippen molar-refractivity contribution in [2.45, 2.75) is 12.5 Å². The molecular formula is C16H21N5O. The summed E-state index contributed by atoms with van der Waals surface area (Å²) in [6, 6.07) is 10.1. The zero-order valence-corrected chi connectivity index (χ0v) is 12.9. The molecule has 1 fully saturated rings.